The lowest BCUT2D eigenvalue weighted by Gasteiger charge is -2.14. The molecule has 2 N–H and O–H groups in total. The van der Waals surface area contributed by atoms with Crippen LogP contribution in [0.3, 0.4) is 0 Å². The van der Waals surface area contributed by atoms with E-state index in [1.54, 1.807) is 36.0 Å². The second-order valence-corrected chi connectivity index (χ2v) is 6.24. The second-order valence-electron chi connectivity index (χ2n) is 6.24. The molecule has 2 heterocycles. The first kappa shape index (κ1) is 17.8. The summed E-state index contributed by atoms with van der Waals surface area (Å²) in [6.07, 6.45) is 3.19. The van der Waals surface area contributed by atoms with Gasteiger partial charge in [0.2, 0.25) is 0 Å². The molecule has 0 aliphatic heterocycles. The van der Waals surface area contributed by atoms with Gasteiger partial charge in [0.05, 0.1) is 17.4 Å². The van der Waals surface area contributed by atoms with E-state index in [0.717, 1.165) is 18.1 Å². The maximum Gasteiger partial charge on any atom is 0.278 e. The lowest BCUT2D eigenvalue weighted by atomic mass is 10.1. The number of pyridine rings is 1. The first-order valence-electron chi connectivity index (χ1n) is 7.95. The van der Waals surface area contributed by atoms with Gasteiger partial charge in [0, 0.05) is 19.3 Å². The summed E-state index contributed by atoms with van der Waals surface area (Å²) in [6, 6.07) is 7.00. The van der Waals surface area contributed by atoms with Gasteiger partial charge in [-0.3, -0.25) is 14.5 Å². The minimum Gasteiger partial charge on any atom is -0.487 e. The van der Waals surface area contributed by atoms with E-state index in [4.69, 9.17) is 10.5 Å². The third-order valence-corrected chi connectivity index (χ3v) is 3.78. The van der Waals surface area contributed by atoms with Crippen molar-refractivity contribution in [2.45, 2.75) is 26.3 Å². The third kappa shape index (κ3) is 3.96. The summed E-state index contributed by atoms with van der Waals surface area (Å²) in [6.45, 7) is 2.38. The molecule has 8 heteroatoms. The van der Waals surface area contributed by atoms with Gasteiger partial charge in [-0.1, -0.05) is 12.1 Å². The van der Waals surface area contributed by atoms with Gasteiger partial charge in [0.1, 0.15) is 11.4 Å². The third-order valence-electron chi connectivity index (χ3n) is 3.78. The Morgan fingerprint density at radius 2 is 2.12 bits per heavy atom. The fraction of sp³-hybridized carbons (Fsp3) is 0.278. The zero-order chi connectivity index (χ0) is 18.9. The number of rotatable bonds is 6. The molecule has 136 valence electrons. The Morgan fingerprint density at radius 1 is 1.35 bits per heavy atom. The molecule has 1 amide bonds. The first-order valence-corrected chi connectivity index (χ1v) is 7.95. The van der Waals surface area contributed by atoms with Crippen molar-refractivity contribution in [3.8, 4) is 5.75 Å². The normalized spacial score (nSPS) is 11.7. The highest BCUT2D eigenvalue weighted by molar-refractivity contribution is 6.03. The van der Waals surface area contributed by atoms with Gasteiger partial charge in [-0.05, 0) is 30.2 Å². The van der Waals surface area contributed by atoms with Gasteiger partial charge < -0.3 is 10.5 Å². The van der Waals surface area contributed by atoms with Crippen molar-refractivity contribution in [2.75, 3.05) is 6.61 Å². The zero-order valence-corrected chi connectivity index (χ0v) is 14.4. The number of aromatic nitrogens is 3. The lowest BCUT2D eigenvalue weighted by Crippen LogP contribution is -2.21. The van der Waals surface area contributed by atoms with Crippen LogP contribution in [0.4, 0.5) is 8.78 Å². The van der Waals surface area contributed by atoms with E-state index in [-0.39, 0.29) is 5.69 Å². The van der Waals surface area contributed by atoms with Crippen molar-refractivity contribution in [1.82, 2.24) is 14.8 Å². The smallest absolute Gasteiger partial charge is 0.278 e. The van der Waals surface area contributed by atoms with Gasteiger partial charge in [0.25, 0.3) is 11.8 Å². The highest BCUT2D eigenvalue weighted by Gasteiger charge is 2.22. The van der Waals surface area contributed by atoms with Crippen LogP contribution in [0, 0.1) is 6.92 Å². The summed E-state index contributed by atoms with van der Waals surface area (Å²) < 4.78 is 32.7. The van der Waals surface area contributed by atoms with Crippen LogP contribution >= 0.6 is 0 Å². The highest BCUT2D eigenvalue weighted by atomic mass is 19.3. The lowest BCUT2D eigenvalue weighted by molar-refractivity contribution is -0.0231. The number of carbonyl (C=O) groups is 1. The molecule has 3 aromatic rings. The van der Waals surface area contributed by atoms with Crippen LogP contribution in [0.15, 0.2) is 36.7 Å². The van der Waals surface area contributed by atoms with Crippen molar-refractivity contribution >= 4 is 16.8 Å². The van der Waals surface area contributed by atoms with Gasteiger partial charge in [-0.25, -0.2) is 8.78 Å². The van der Waals surface area contributed by atoms with E-state index in [0.29, 0.717) is 23.2 Å². The molecule has 3 rings (SSSR count). The number of hydrogen-bond acceptors (Lipinski definition) is 4. The number of benzene rings is 1. The summed E-state index contributed by atoms with van der Waals surface area (Å²) in [4.78, 5) is 15.4. The number of nitrogens with zero attached hydrogens (tertiary/aromatic N) is 3. The topological polar surface area (TPSA) is 83.0 Å². The SMILES string of the molecule is Cc1cc(Cn2cc3c(C(N)=O)nccc3n2)ccc1OCC(C)(F)F. The van der Waals surface area contributed by atoms with E-state index >= 15 is 0 Å². The molecular weight excluding hydrogens is 342 g/mol. The van der Waals surface area contributed by atoms with Crippen LogP contribution in [0.1, 0.15) is 28.5 Å². The number of nitrogens with two attached hydrogens (primary N) is 1. The Balaban J connectivity index is 1.81. The molecule has 0 fully saturated rings. The van der Waals surface area contributed by atoms with Crippen LogP contribution in [0.5, 0.6) is 5.75 Å². The van der Waals surface area contributed by atoms with Crippen molar-refractivity contribution < 1.29 is 18.3 Å². The number of halogens is 2. The summed E-state index contributed by atoms with van der Waals surface area (Å²) in [7, 11) is 0. The van der Waals surface area contributed by atoms with Crippen LogP contribution in [0.25, 0.3) is 10.9 Å². The molecule has 0 radical (unpaired) electrons. The van der Waals surface area contributed by atoms with Gasteiger partial charge >= 0.3 is 0 Å². The first-order chi connectivity index (χ1) is 12.2. The molecule has 2 aromatic heterocycles. The maximum absolute atomic E-state index is 12.9. The number of fused-ring (bicyclic) bond motifs is 1. The number of alkyl halides is 2. The van der Waals surface area contributed by atoms with Crippen LogP contribution < -0.4 is 10.5 Å². The average molecular weight is 360 g/mol. The minimum absolute atomic E-state index is 0.175. The van der Waals surface area contributed by atoms with Gasteiger partial charge in [-0.15, -0.1) is 0 Å². The van der Waals surface area contributed by atoms with Crippen molar-refractivity contribution in [3.63, 3.8) is 0 Å². The molecule has 0 aliphatic carbocycles. The molecule has 0 aliphatic rings. The maximum atomic E-state index is 12.9. The fourth-order valence-corrected chi connectivity index (χ4v) is 2.63. The largest absolute Gasteiger partial charge is 0.487 e. The molecule has 6 nitrogen and oxygen atoms in total. The van der Waals surface area contributed by atoms with Crippen LogP contribution in [0.2, 0.25) is 0 Å². The molecule has 0 atom stereocenters. The number of amides is 1. The van der Waals surface area contributed by atoms with Crippen LogP contribution in [-0.2, 0) is 6.54 Å². The van der Waals surface area contributed by atoms with E-state index in [1.807, 2.05) is 6.07 Å². The average Bonchev–Trinajstić information content (AvgIpc) is 2.95. The summed E-state index contributed by atoms with van der Waals surface area (Å²) in [5.74, 6) is -3.08. The minimum atomic E-state index is -2.88. The predicted molar refractivity (Wildman–Crippen MR) is 92.4 cm³/mol. The van der Waals surface area contributed by atoms with E-state index in [9.17, 15) is 13.6 Å². The monoisotopic (exact) mass is 360 g/mol. The summed E-state index contributed by atoms with van der Waals surface area (Å²) >= 11 is 0. The molecule has 1 aromatic carbocycles. The predicted octanol–water partition coefficient (Wildman–Crippen LogP) is 2.92. The Kier molecular flexibility index (Phi) is 4.58. The number of carbonyl (C=O) groups excluding carboxylic acids is 1. The molecule has 26 heavy (non-hydrogen) atoms. The van der Waals surface area contributed by atoms with Gasteiger partial charge in [0.15, 0.2) is 6.61 Å². The molecule has 0 saturated heterocycles. The van der Waals surface area contributed by atoms with E-state index in [1.165, 1.54) is 6.20 Å². The van der Waals surface area contributed by atoms with Crippen molar-refractivity contribution in [3.05, 3.63) is 53.5 Å². The molecular formula is C18H18F2N4O2. The van der Waals surface area contributed by atoms with E-state index < -0.39 is 18.4 Å². The van der Waals surface area contributed by atoms with Gasteiger partial charge in [-0.2, -0.15) is 5.10 Å². The fourth-order valence-electron chi connectivity index (χ4n) is 2.63. The highest BCUT2D eigenvalue weighted by Crippen LogP contribution is 2.23. The second kappa shape index (κ2) is 6.70. The Labute approximate surface area is 148 Å². The Morgan fingerprint density at radius 3 is 2.77 bits per heavy atom. The summed E-state index contributed by atoms with van der Waals surface area (Å²) in [5.41, 5.74) is 7.80. The van der Waals surface area contributed by atoms with Crippen molar-refractivity contribution in [2.24, 2.45) is 5.73 Å². The number of ether oxygens (including phenoxy) is 1. The van der Waals surface area contributed by atoms with Crippen molar-refractivity contribution in [1.29, 1.82) is 0 Å². The van der Waals surface area contributed by atoms with E-state index in [2.05, 4.69) is 10.1 Å². The molecule has 0 saturated carbocycles. The number of hydrogen-bond donors (Lipinski definition) is 1. The zero-order valence-electron chi connectivity index (χ0n) is 14.4. The molecule has 0 unspecified atom stereocenters. The Bertz CT molecular complexity index is 963. The standard InChI is InChI=1S/C18H18F2N4O2/c1-11-7-12(3-4-15(11)26-10-18(2,19)20)8-24-9-13-14(23-24)5-6-22-16(13)17(21)25/h3-7,9H,8,10H2,1-2H3,(H2,21,25). The number of primary amides is 1. The van der Waals surface area contributed by atoms with Crippen LogP contribution in [-0.4, -0.2) is 33.2 Å². The number of aryl methyl sites for hydroxylation is 1. The Hall–Kier alpha value is -3.03. The summed E-state index contributed by atoms with van der Waals surface area (Å²) in [5, 5.41) is 5.00. The quantitative estimate of drug-likeness (QED) is 0.733. The molecule has 0 bridgehead atoms. The molecule has 0 spiro atoms.